The Kier molecular flexibility index (Phi) is 5.62. The largest absolute Gasteiger partial charge is 0.494 e. The summed E-state index contributed by atoms with van der Waals surface area (Å²) < 4.78 is 6.81. The third-order valence-electron chi connectivity index (χ3n) is 3.37. The van der Waals surface area contributed by atoms with Crippen molar-refractivity contribution in [3.8, 4) is 5.75 Å². The molecule has 106 valence electrons. The van der Waals surface area contributed by atoms with Gasteiger partial charge in [0.2, 0.25) is 0 Å². The lowest BCUT2D eigenvalue weighted by molar-refractivity contribution is 0.335. The molecule has 2 aromatic carbocycles. The first-order valence-corrected chi connectivity index (χ1v) is 7.70. The normalized spacial score (nSPS) is 12.2. The van der Waals surface area contributed by atoms with Gasteiger partial charge in [0.1, 0.15) is 5.75 Å². The average Bonchev–Trinajstić information content (AvgIpc) is 2.47. The first-order chi connectivity index (χ1) is 9.76. The van der Waals surface area contributed by atoms with Crippen LogP contribution in [0.5, 0.6) is 5.75 Å². The zero-order valence-electron chi connectivity index (χ0n) is 11.7. The van der Waals surface area contributed by atoms with E-state index in [9.17, 15) is 0 Å². The highest BCUT2D eigenvalue weighted by atomic mass is 79.9. The second kappa shape index (κ2) is 7.46. The topological polar surface area (TPSA) is 35.2 Å². The molecule has 2 rings (SSSR count). The summed E-state index contributed by atoms with van der Waals surface area (Å²) >= 11 is 3.61. The molecule has 0 saturated carbocycles. The molecule has 2 nitrogen and oxygen atoms in total. The molecule has 0 aliphatic carbocycles. The van der Waals surface area contributed by atoms with Gasteiger partial charge in [0.15, 0.2) is 0 Å². The molecule has 0 radical (unpaired) electrons. The zero-order chi connectivity index (χ0) is 14.4. The van der Waals surface area contributed by atoms with E-state index in [1.54, 1.807) is 0 Å². The molecule has 2 aromatic rings. The number of para-hydroxylation sites is 1. The van der Waals surface area contributed by atoms with Gasteiger partial charge in [0.05, 0.1) is 6.61 Å². The van der Waals surface area contributed by atoms with Gasteiger partial charge in [-0.2, -0.15) is 0 Å². The van der Waals surface area contributed by atoms with Gasteiger partial charge in [-0.3, -0.25) is 0 Å². The van der Waals surface area contributed by atoms with E-state index in [1.165, 1.54) is 11.1 Å². The lowest BCUT2D eigenvalue weighted by atomic mass is 9.92. The van der Waals surface area contributed by atoms with Crippen molar-refractivity contribution in [3.63, 3.8) is 0 Å². The minimum atomic E-state index is 0.284. The maximum Gasteiger partial charge on any atom is 0.122 e. The third kappa shape index (κ3) is 3.62. The zero-order valence-corrected chi connectivity index (χ0v) is 13.3. The van der Waals surface area contributed by atoms with Crippen LogP contribution in [0.1, 0.15) is 24.0 Å². The SMILES string of the molecule is CCOc1ccccc1CC(CN)c1ccccc1Br. The molecule has 0 spiro atoms. The van der Waals surface area contributed by atoms with Crippen LogP contribution < -0.4 is 10.5 Å². The van der Waals surface area contributed by atoms with E-state index in [-0.39, 0.29) is 5.92 Å². The van der Waals surface area contributed by atoms with E-state index in [2.05, 4.69) is 40.2 Å². The molecule has 0 aromatic heterocycles. The maximum absolute atomic E-state index is 5.98. The molecule has 0 heterocycles. The molecule has 0 fully saturated rings. The Morgan fingerprint density at radius 3 is 2.50 bits per heavy atom. The Hall–Kier alpha value is -1.32. The molecular weight excluding hydrogens is 314 g/mol. The van der Waals surface area contributed by atoms with Crippen LogP contribution in [0.15, 0.2) is 53.0 Å². The van der Waals surface area contributed by atoms with Gasteiger partial charge < -0.3 is 10.5 Å². The minimum absolute atomic E-state index is 0.284. The molecule has 0 amide bonds. The Morgan fingerprint density at radius 2 is 1.80 bits per heavy atom. The van der Waals surface area contributed by atoms with Crippen LogP contribution in [0, 0.1) is 0 Å². The van der Waals surface area contributed by atoms with Crippen molar-refractivity contribution in [2.45, 2.75) is 19.3 Å². The van der Waals surface area contributed by atoms with Crippen molar-refractivity contribution in [2.24, 2.45) is 5.73 Å². The summed E-state index contributed by atoms with van der Waals surface area (Å²) in [5.41, 5.74) is 8.44. The van der Waals surface area contributed by atoms with Crippen molar-refractivity contribution in [3.05, 3.63) is 64.1 Å². The molecule has 20 heavy (non-hydrogen) atoms. The van der Waals surface area contributed by atoms with Crippen molar-refractivity contribution >= 4 is 15.9 Å². The predicted octanol–water partition coefficient (Wildman–Crippen LogP) is 4.13. The Morgan fingerprint density at radius 1 is 1.10 bits per heavy atom. The van der Waals surface area contributed by atoms with Gasteiger partial charge in [-0.05, 0) is 43.1 Å². The Bertz CT molecular complexity index is 556. The Balaban J connectivity index is 2.25. The van der Waals surface area contributed by atoms with E-state index < -0.39 is 0 Å². The molecular formula is C17H20BrNO. The minimum Gasteiger partial charge on any atom is -0.494 e. The van der Waals surface area contributed by atoms with Gasteiger partial charge in [0, 0.05) is 10.4 Å². The summed E-state index contributed by atoms with van der Waals surface area (Å²) in [5, 5.41) is 0. The fourth-order valence-corrected chi connectivity index (χ4v) is 2.97. The van der Waals surface area contributed by atoms with Crippen LogP contribution in [-0.4, -0.2) is 13.2 Å². The smallest absolute Gasteiger partial charge is 0.122 e. The highest BCUT2D eigenvalue weighted by molar-refractivity contribution is 9.10. The first-order valence-electron chi connectivity index (χ1n) is 6.91. The van der Waals surface area contributed by atoms with E-state index >= 15 is 0 Å². The number of hydrogen-bond acceptors (Lipinski definition) is 2. The molecule has 0 bridgehead atoms. The number of nitrogens with two attached hydrogens (primary N) is 1. The summed E-state index contributed by atoms with van der Waals surface area (Å²) in [6, 6.07) is 16.5. The molecule has 1 unspecified atom stereocenters. The molecule has 1 atom stereocenters. The molecule has 0 aliphatic rings. The Labute approximate surface area is 129 Å². The number of benzene rings is 2. The highest BCUT2D eigenvalue weighted by Crippen LogP contribution is 2.30. The van der Waals surface area contributed by atoms with Gasteiger partial charge >= 0.3 is 0 Å². The lowest BCUT2D eigenvalue weighted by Crippen LogP contribution is -2.16. The van der Waals surface area contributed by atoms with E-state index in [0.29, 0.717) is 13.2 Å². The van der Waals surface area contributed by atoms with Crippen LogP contribution in [0.4, 0.5) is 0 Å². The van der Waals surface area contributed by atoms with Gasteiger partial charge in [0.25, 0.3) is 0 Å². The summed E-state index contributed by atoms with van der Waals surface area (Å²) in [5.74, 6) is 1.24. The monoisotopic (exact) mass is 333 g/mol. The van der Waals surface area contributed by atoms with E-state index in [1.807, 2.05) is 31.2 Å². The fourth-order valence-electron chi connectivity index (χ4n) is 2.36. The standard InChI is InChI=1S/C17H20BrNO/c1-2-20-17-10-6-3-7-13(17)11-14(12-19)15-8-4-5-9-16(15)18/h3-10,14H,2,11-12,19H2,1H3. The molecule has 3 heteroatoms. The van der Waals surface area contributed by atoms with Crippen LogP contribution in [0.2, 0.25) is 0 Å². The molecule has 2 N–H and O–H groups in total. The first kappa shape index (κ1) is 15.1. The van der Waals surface area contributed by atoms with Crippen LogP contribution in [0.3, 0.4) is 0 Å². The van der Waals surface area contributed by atoms with E-state index in [4.69, 9.17) is 10.5 Å². The van der Waals surface area contributed by atoms with Crippen LogP contribution in [0.25, 0.3) is 0 Å². The third-order valence-corrected chi connectivity index (χ3v) is 4.09. The number of ether oxygens (including phenoxy) is 1. The number of hydrogen-bond donors (Lipinski definition) is 1. The van der Waals surface area contributed by atoms with Gasteiger partial charge in [-0.15, -0.1) is 0 Å². The fraction of sp³-hybridized carbons (Fsp3) is 0.294. The molecule has 0 aliphatic heterocycles. The molecule has 0 saturated heterocycles. The highest BCUT2D eigenvalue weighted by Gasteiger charge is 2.15. The van der Waals surface area contributed by atoms with Crippen LogP contribution >= 0.6 is 15.9 Å². The summed E-state index contributed by atoms with van der Waals surface area (Å²) in [6.45, 7) is 3.30. The summed E-state index contributed by atoms with van der Waals surface area (Å²) in [4.78, 5) is 0. The summed E-state index contributed by atoms with van der Waals surface area (Å²) in [6.07, 6.45) is 0.884. The quantitative estimate of drug-likeness (QED) is 0.862. The number of halogens is 1. The second-order valence-electron chi connectivity index (χ2n) is 4.70. The van der Waals surface area contributed by atoms with Gasteiger partial charge in [-0.1, -0.05) is 52.3 Å². The number of rotatable bonds is 6. The van der Waals surface area contributed by atoms with E-state index in [0.717, 1.165) is 16.6 Å². The second-order valence-corrected chi connectivity index (χ2v) is 5.55. The summed E-state index contributed by atoms with van der Waals surface area (Å²) in [7, 11) is 0. The van der Waals surface area contributed by atoms with Crippen molar-refractivity contribution < 1.29 is 4.74 Å². The van der Waals surface area contributed by atoms with Crippen molar-refractivity contribution in [1.82, 2.24) is 0 Å². The van der Waals surface area contributed by atoms with Crippen molar-refractivity contribution in [2.75, 3.05) is 13.2 Å². The average molecular weight is 334 g/mol. The van der Waals surface area contributed by atoms with Gasteiger partial charge in [-0.25, -0.2) is 0 Å². The van der Waals surface area contributed by atoms with Crippen molar-refractivity contribution in [1.29, 1.82) is 0 Å². The predicted molar refractivity (Wildman–Crippen MR) is 87.3 cm³/mol. The lowest BCUT2D eigenvalue weighted by Gasteiger charge is -2.19. The van der Waals surface area contributed by atoms with Crippen LogP contribution in [-0.2, 0) is 6.42 Å². The maximum atomic E-state index is 5.98.